The average Bonchev–Trinajstić information content (AvgIpc) is 3.22. The quantitative estimate of drug-likeness (QED) is 0.690. The summed E-state index contributed by atoms with van der Waals surface area (Å²) in [5.74, 6) is -0.217. The summed E-state index contributed by atoms with van der Waals surface area (Å²) in [7, 11) is 0. The summed E-state index contributed by atoms with van der Waals surface area (Å²) in [6.45, 7) is 4.61. The van der Waals surface area contributed by atoms with Gasteiger partial charge in [0.25, 0.3) is 5.91 Å². The maximum absolute atomic E-state index is 12.5. The van der Waals surface area contributed by atoms with E-state index in [1.54, 1.807) is 6.92 Å². The topological polar surface area (TPSA) is 83.6 Å². The fourth-order valence-corrected chi connectivity index (χ4v) is 4.14. The normalized spacial score (nSPS) is 13.6. The molecule has 146 valence electrons. The van der Waals surface area contributed by atoms with Crippen LogP contribution in [0.4, 0.5) is 0 Å². The minimum Gasteiger partial charge on any atom is -0.340 e. The lowest BCUT2D eigenvalue weighted by Crippen LogP contribution is -2.21. The first-order chi connectivity index (χ1) is 14.1. The number of fused-ring (bicyclic) bond motifs is 1. The van der Waals surface area contributed by atoms with Crippen LogP contribution in [0.15, 0.2) is 54.3 Å². The number of nitrogens with one attached hydrogen (secondary N) is 1. The van der Waals surface area contributed by atoms with Gasteiger partial charge in [0.1, 0.15) is 10.9 Å². The Hall–Kier alpha value is -3.50. The molecule has 1 aliphatic rings. The second-order valence-corrected chi connectivity index (χ2v) is 7.41. The highest BCUT2D eigenvalue weighted by Gasteiger charge is 2.19. The second-order valence-electron chi connectivity index (χ2n) is 6.66. The van der Waals surface area contributed by atoms with E-state index in [0.29, 0.717) is 28.3 Å². The molecule has 0 unspecified atom stereocenters. The molecule has 0 fully saturated rings. The Labute approximate surface area is 174 Å². The minimum absolute atomic E-state index is 0. The molecule has 6 nitrogen and oxygen atoms in total. The van der Waals surface area contributed by atoms with Crippen molar-refractivity contribution in [2.24, 2.45) is 0 Å². The van der Waals surface area contributed by atoms with Crippen LogP contribution in [0.3, 0.4) is 0 Å². The molecule has 1 amide bonds. The van der Waals surface area contributed by atoms with Gasteiger partial charge in [0, 0.05) is 24.6 Å². The monoisotopic (exact) mass is 403 g/mol. The molecule has 0 saturated heterocycles. The van der Waals surface area contributed by atoms with Gasteiger partial charge in [-0.2, -0.15) is 5.26 Å². The standard InChI is InChI=1S/C22H19N5OS.H2/c1-3-27-19-10-5-4-9-17(19)18(13-23)20(27)15-7-6-8-16(12-11-15)24-22(28)21-14(2)25-26-29-21;/h4-6,8-12H,3,7H2,1-2H3,(H,24,28);1H. The van der Waals surface area contributed by atoms with Crippen molar-refractivity contribution >= 4 is 33.9 Å². The van der Waals surface area contributed by atoms with Crippen LogP contribution in [-0.2, 0) is 6.54 Å². The Kier molecular flexibility index (Phi) is 5.10. The van der Waals surface area contributed by atoms with E-state index in [-0.39, 0.29) is 7.33 Å². The van der Waals surface area contributed by atoms with Gasteiger partial charge in [0.2, 0.25) is 0 Å². The van der Waals surface area contributed by atoms with Crippen molar-refractivity contribution in [1.82, 2.24) is 19.5 Å². The number of hydrogen-bond acceptors (Lipinski definition) is 5. The number of aryl methyl sites for hydroxylation is 2. The van der Waals surface area contributed by atoms with E-state index in [1.165, 1.54) is 0 Å². The third-order valence-electron chi connectivity index (χ3n) is 4.92. The van der Waals surface area contributed by atoms with Crippen molar-refractivity contribution < 1.29 is 6.22 Å². The number of nitrogens with zero attached hydrogens (tertiary/aromatic N) is 4. The van der Waals surface area contributed by atoms with Gasteiger partial charge in [-0.3, -0.25) is 4.79 Å². The summed E-state index contributed by atoms with van der Waals surface area (Å²) in [5, 5.41) is 17.6. The lowest BCUT2D eigenvalue weighted by atomic mass is 10.0. The van der Waals surface area contributed by atoms with E-state index in [2.05, 4.69) is 32.5 Å². The van der Waals surface area contributed by atoms with Gasteiger partial charge >= 0.3 is 0 Å². The molecule has 7 heteroatoms. The Bertz CT molecular complexity index is 1240. The van der Waals surface area contributed by atoms with E-state index in [0.717, 1.165) is 40.2 Å². The van der Waals surface area contributed by atoms with Crippen molar-refractivity contribution in [3.8, 4) is 6.07 Å². The van der Waals surface area contributed by atoms with E-state index < -0.39 is 0 Å². The number of benzene rings is 1. The van der Waals surface area contributed by atoms with Crippen molar-refractivity contribution in [2.75, 3.05) is 0 Å². The summed E-state index contributed by atoms with van der Waals surface area (Å²) >= 11 is 1.08. The van der Waals surface area contributed by atoms with Gasteiger partial charge in [-0.15, -0.1) is 5.10 Å². The molecule has 29 heavy (non-hydrogen) atoms. The van der Waals surface area contributed by atoms with Crippen LogP contribution in [0.5, 0.6) is 0 Å². The predicted molar refractivity (Wildman–Crippen MR) is 116 cm³/mol. The number of nitriles is 1. The zero-order valence-corrected chi connectivity index (χ0v) is 17.0. The molecule has 0 atom stereocenters. The average molecular weight is 404 g/mol. The number of rotatable bonds is 4. The number of amides is 1. The molecule has 1 aliphatic carbocycles. The Morgan fingerprint density at radius 2 is 2.21 bits per heavy atom. The van der Waals surface area contributed by atoms with E-state index >= 15 is 0 Å². The predicted octanol–water partition coefficient (Wildman–Crippen LogP) is 4.60. The molecule has 3 aromatic rings. The second kappa shape index (κ2) is 7.86. The number of carbonyl (C=O) groups excluding carboxylic acids is 1. The van der Waals surface area contributed by atoms with Gasteiger partial charge in [0.15, 0.2) is 0 Å². The van der Waals surface area contributed by atoms with Gasteiger partial charge in [-0.25, -0.2) is 0 Å². The summed E-state index contributed by atoms with van der Waals surface area (Å²) in [6.07, 6.45) is 8.41. The Balaban J connectivity index is 0.00000256. The van der Waals surface area contributed by atoms with E-state index in [4.69, 9.17) is 0 Å². The number of hydrogen-bond donors (Lipinski definition) is 1. The first-order valence-electron chi connectivity index (χ1n) is 9.33. The molecule has 0 radical (unpaired) electrons. The molecular weight excluding hydrogens is 382 g/mol. The van der Waals surface area contributed by atoms with Gasteiger partial charge in [-0.05, 0) is 55.6 Å². The summed E-state index contributed by atoms with van der Waals surface area (Å²) in [4.78, 5) is 13.0. The first-order valence-corrected chi connectivity index (χ1v) is 10.1. The molecule has 1 aromatic carbocycles. The van der Waals surface area contributed by atoms with Gasteiger partial charge in [-0.1, -0.05) is 34.8 Å². The molecule has 4 rings (SSSR count). The highest BCUT2D eigenvalue weighted by molar-refractivity contribution is 7.08. The van der Waals surface area contributed by atoms with Crippen LogP contribution in [0.25, 0.3) is 16.5 Å². The maximum Gasteiger partial charge on any atom is 0.269 e. The highest BCUT2D eigenvalue weighted by atomic mass is 32.1. The zero-order chi connectivity index (χ0) is 20.4. The molecule has 1 N–H and O–H groups in total. The molecule has 0 saturated carbocycles. The SMILES string of the molecule is CCn1c(C2=CC=C(NC(=O)c3snnc3C)C=CC2)c(C#N)c2ccccc21.[HH]. The smallest absolute Gasteiger partial charge is 0.269 e. The molecule has 0 spiro atoms. The summed E-state index contributed by atoms with van der Waals surface area (Å²) < 4.78 is 5.99. The lowest BCUT2D eigenvalue weighted by Gasteiger charge is -2.10. The molecule has 2 heterocycles. The molecule has 2 aromatic heterocycles. The Morgan fingerprint density at radius 3 is 2.93 bits per heavy atom. The van der Waals surface area contributed by atoms with Gasteiger partial charge in [0.05, 0.1) is 17.0 Å². The third kappa shape index (κ3) is 3.39. The van der Waals surface area contributed by atoms with Crippen molar-refractivity contribution in [3.05, 3.63) is 76.1 Å². The van der Waals surface area contributed by atoms with Crippen LogP contribution in [0, 0.1) is 18.3 Å². The third-order valence-corrected chi connectivity index (χ3v) is 5.74. The zero-order valence-electron chi connectivity index (χ0n) is 16.1. The number of allylic oxidation sites excluding steroid dienone is 5. The maximum atomic E-state index is 12.5. The largest absolute Gasteiger partial charge is 0.340 e. The lowest BCUT2D eigenvalue weighted by molar-refractivity contribution is 0.0970. The number of para-hydroxylation sites is 1. The molecule has 0 bridgehead atoms. The van der Waals surface area contributed by atoms with Crippen LogP contribution in [0.1, 0.15) is 41.4 Å². The van der Waals surface area contributed by atoms with Crippen LogP contribution in [0.2, 0.25) is 0 Å². The number of carbonyl (C=O) groups is 1. The van der Waals surface area contributed by atoms with Crippen LogP contribution >= 0.6 is 11.5 Å². The number of aromatic nitrogens is 3. The van der Waals surface area contributed by atoms with Crippen LogP contribution in [-0.4, -0.2) is 20.1 Å². The highest BCUT2D eigenvalue weighted by Crippen LogP contribution is 2.33. The van der Waals surface area contributed by atoms with Crippen LogP contribution < -0.4 is 5.32 Å². The molecular formula is C22H21N5OS. The van der Waals surface area contributed by atoms with Crippen molar-refractivity contribution in [1.29, 1.82) is 5.26 Å². The van der Waals surface area contributed by atoms with E-state index in [9.17, 15) is 10.1 Å². The van der Waals surface area contributed by atoms with E-state index in [1.807, 2.05) is 48.6 Å². The fraction of sp³-hybridized carbons (Fsp3) is 0.182. The first kappa shape index (κ1) is 18.8. The van der Waals surface area contributed by atoms with Gasteiger partial charge < -0.3 is 9.88 Å². The Morgan fingerprint density at radius 1 is 1.38 bits per heavy atom. The summed E-state index contributed by atoms with van der Waals surface area (Å²) in [5.41, 5.74) is 5.03. The molecule has 0 aliphatic heterocycles. The summed E-state index contributed by atoms with van der Waals surface area (Å²) in [6, 6.07) is 10.4. The van der Waals surface area contributed by atoms with Crippen molar-refractivity contribution in [2.45, 2.75) is 26.8 Å². The van der Waals surface area contributed by atoms with Crippen molar-refractivity contribution in [3.63, 3.8) is 0 Å². The minimum atomic E-state index is -0.217. The fourth-order valence-electron chi connectivity index (χ4n) is 3.59.